The SMILES string of the molecule is C#CCCC1(CCNC(=O)C2(NC(=O)c3ccc(C)c(F)c3)CCCC2)N=N1. The average molecular weight is 384 g/mol. The van der Waals surface area contributed by atoms with E-state index >= 15 is 0 Å². The first kappa shape index (κ1) is 20.0. The summed E-state index contributed by atoms with van der Waals surface area (Å²) in [6.45, 7) is 2.05. The molecule has 1 aromatic carbocycles. The molecule has 1 aliphatic heterocycles. The van der Waals surface area contributed by atoms with Crippen LogP contribution in [0.3, 0.4) is 0 Å². The molecule has 0 saturated heterocycles. The van der Waals surface area contributed by atoms with Gasteiger partial charge in [0.15, 0.2) is 5.66 Å². The second kappa shape index (κ2) is 8.09. The number of benzene rings is 1. The number of carbonyl (C=O) groups excluding carboxylic acids is 2. The number of terminal acetylenes is 1. The maximum Gasteiger partial charge on any atom is 0.252 e. The quantitative estimate of drug-likeness (QED) is 0.675. The third kappa shape index (κ3) is 4.38. The number of aryl methyl sites for hydroxylation is 1. The molecule has 1 aliphatic carbocycles. The third-order valence-electron chi connectivity index (χ3n) is 5.54. The second-order valence-electron chi connectivity index (χ2n) is 7.60. The van der Waals surface area contributed by atoms with E-state index in [1.54, 1.807) is 19.1 Å². The molecule has 0 spiro atoms. The van der Waals surface area contributed by atoms with Gasteiger partial charge in [-0.3, -0.25) is 9.59 Å². The lowest BCUT2D eigenvalue weighted by molar-refractivity contribution is -0.127. The predicted octanol–water partition coefficient (Wildman–Crippen LogP) is 3.26. The summed E-state index contributed by atoms with van der Waals surface area (Å²) in [7, 11) is 0. The Hall–Kier alpha value is -2.75. The highest BCUT2D eigenvalue weighted by Crippen LogP contribution is 2.36. The largest absolute Gasteiger partial charge is 0.354 e. The fourth-order valence-corrected chi connectivity index (χ4v) is 3.62. The Bertz CT molecular complexity index is 831. The number of carbonyl (C=O) groups is 2. The maximum absolute atomic E-state index is 13.8. The van der Waals surface area contributed by atoms with Gasteiger partial charge in [-0.25, -0.2) is 4.39 Å². The molecule has 2 amide bonds. The molecule has 28 heavy (non-hydrogen) atoms. The predicted molar refractivity (Wildman–Crippen MR) is 103 cm³/mol. The van der Waals surface area contributed by atoms with Gasteiger partial charge in [-0.2, -0.15) is 10.2 Å². The number of hydrogen-bond acceptors (Lipinski definition) is 4. The van der Waals surface area contributed by atoms with Crippen LogP contribution in [0.4, 0.5) is 4.39 Å². The van der Waals surface area contributed by atoms with Crippen molar-refractivity contribution < 1.29 is 14.0 Å². The highest BCUT2D eigenvalue weighted by Gasteiger charge is 2.43. The number of halogens is 1. The van der Waals surface area contributed by atoms with Gasteiger partial charge in [-0.15, -0.1) is 12.3 Å². The van der Waals surface area contributed by atoms with Crippen LogP contribution >= 0.6 is 0 Å². The summed E-state index contributed by atoms with van der Waals surface area (Å²) in [5.41, 5.74) is -0.724. The fourth-order valence-electron chi connectivity index (χ4n) is 3.62. The summed E-state index contributed by atoms with van der Waals surface area (Å²) >= 11 is 0. The van der Waals surface area contributed by atoms with Crippen molar-refractivity contribution in [1.29, 1.82) is 0 Å². The highest BCUT2D eigenvalue weighted by molar-refractivity contribution is 5.99. The topological polar surface area (TPSA) is 82.9 Å². The Balaban J connectivity index is 1.60. The van der Waals surface area contributed by atoms with Crippen molar-refractivity contribution >= 4 is 11.8 Å². The van der Waals surface area contributed by atoms with Crippen LogP contribution in [-0.2, 0) is 4.79 Å². The monoisotopic (exact) mass is 384 g/mol. The first-order valence-electron chi connectivity index (χ1n) is 9.64. The van der Waals surface area contributed by atoms with Crippen LogP contribution in [0.1, 0.15) is 60.9 Å². The Morgan fingerprint density at radius 1 is 1.25 bits per heavy atom. The van der Waals surface area contributed by atoms with Crippen LogP contribution in [0.5, 0.6) is 0 Å². The van der Waals surface area contributed by atoms with E-state index in [0.717, 1.165) is 12.8 Å². The zero-order valence-corrected chi connectivity index (χ0v) is 16.1. The minimum atomic E-state index is -0.956. The minimum Gasteiger partial charge on any atom is -0.354 e. The van der Waals surface area contributed by atoms with Crippen molar-refractivity contribution in [3.8, 4) is 12.3 Å². The lowest BCUT2D eigenvalue weighted by Gasteiger charge is -2.29. The van der Waals surface area contributed by atoms with Gasteiger partial charge < -0.3 is 10.6 Å². The van der Waals surface area contributed by atoms with Gasteiger partial charge >= 0.3 is 0 Å². The molecule has 1 fully saturated rings. The standard InChI is InChI=1S/C21H25FN4O2/c1-3-4-11-21(25-26-21)12-13-23-19(28)20(9-5-6-10-20)24-18(27)16-8-7-15(2)17(22)14-16/h1,7-8,14H,4-6,9-13H2,2H3,(H,23,28)(H,24,27). The van der Waals surface area contributed by atoms with Gasteiger partial charge in [0.25, 0.3) is 5.91 Å². The molecule has 2 N–H and O–H groups in total. The van der Waals surface area contributed by atoms with Crippen LogP contribution in [0.2, 0.25) is 0 Å². The van der Waals surface area contributed by atoms with Crippen molar-refractivity contribution in [2.24, 2.45) is 10.2 Å². The Labute approximate surface area is 164 Å². The number of amides is 2. The molecule has 148 valence electrons. The molecule has 0 unspecified atom stereocenters. The van der Waals surface area contributed by atoms with E-state index in [1.807, 2.05) is 0 Å². The van der Waals surface area contributed by atoms with E-state index in [4.69, 9.17) is 6.42 Å². The molecule has 2 aliphatic rings. The van der Waals surface area contributed by atoms with Gasteiger partial charge in [0.05, 0.1) is 0 Å². The summed E-state index contributed by atoms with van der Waals surface area (Å²) in [4.78, 5) is 25.5. The summed E-state index contributed by atoms with van der Waals surface area (Å²) < 4.78 is 13.8. The van der Waals surface area contributed by atoms with Crippen molar-refractivity contribution in [1.82, 2.24) is 10.6 Å². The van der Waals surface area contributed by atoms with Crippen LogP contribution in [0.15, 0.2) is 28.4 Å². The van der Waals surface area contributed by atoms with E-state index in [0.29, 0.717) is 44.2 Å². The zero-order valence-electron chi connectivity index (χ0n) is 16.1. The smallest absolute Gasteiger partial charge is 0.252 e. The molecular weight excluding hydrogens is 359 g/mol. The zero-order chi connectivity index (χ0) is 20.2. The van der Waals surface area contributed by atoms with Crippen LogP contribution in [-0.4, -0.2) is 29.6 Å². The van der Waals surface area contributed by atoms with Gasteiger partial charge in [0.2, 0.25) is 5.91 Å². The summed E-state index contributed by atoms with van der Waals surface area (Å²) in [5, 5.41) is 13.9. The summed E-state index contributed by atoms with van der Waals surface area (Å²) in [6, 6.07) is 4.33. The molecule has 1 aromatic rings. The molecule has 0 aromatic heterocycles. The second-order valence-corrected chi connectivity index (χ2v) is 7.60. The Morgan fingerprint density at radius 2 is 1.96 bits per heavy atom. The van der Waals surface area contributed by atoms with Gasteiger partial charge in [-0.1, -0.05) is 18.9 Å². The van der Waals surface area contributed by atoms with Crippen molar-refractivity contribution in [3.63, 3.8) is 0 Å². The van der Waals surface area contributed by atoms with Crippen LogP contribution in [0.25, 0.3) is 0 Å². The van der Waals surface area contributed by atoms with Crippen LogP contribution in [0, 0.1) is 25.1 Å². The van der Waals surface area contributed by atoms with Crippen molar-refractivity contribution in [3.05, 3.63) is 35.1 Å². The average Bonchev–Trinajstić information content (AvgIpc) is 3.29. The normalized spacial score (nSPS) is 18.3. The van der Waals surface area contributed by atoms with E-state index in [2.05, 4.69) is 26.8 Å². The molecule has 6 nitrogen and oxygen atoms in total. The fraction of sp³-hybridized carbons (Fsp3) is 0.524. The minimum absolute atomic E-state index is 0.210. The molecule has 3 rings (SSSR count). The molecule has 1 saturated carbocycles. The lowest BCUT2D eigenvalue weighted by Crippen LogP contribution is -2.57. The maximum atomic E-state index is 13.8. The van der Waals surface area contributed by atoms with E-state index in [-0.39, 0.29) is 11.5 Å². The molecular formula is C21H25FN4O2. The van der Waals surface area contributed by atoms with E-state index in [9.17, 15) is 14.0 Å². The lowest BCUT2D eigenvalue weighted by atomic mass is 9.95. The molecule has 0 atom stereocenters. The highest BCUT2D eigenvalue weighted by atomic mass is 19.1. The van der Waals surface area contributed by atoms with Crippen LogP contribution < -0.4 is 10.6 Å². The summed E-state index contributed by atoms with van der Waals surface area (Å²) in [5.74, 6) is 1.49. The number of nitrogens with one attached hydrogen (secondary N) is 2. The third-order valence-corrected chi connectivity index (χ3v) is 5.54. The number of rotatable bonds is 8. The molecule has 0 radical (unpaired) electrons. The first-order chi connectivity index (χ1) is 13.4. The number of nitrogens with zero attached hydrogens (tertiary/aromatic N) is 2. The summed E-state index contributed by atoms with van der Waals surface area (Å²) in [6.07, 6.45) is 9.99. The van der Waals surface area contributed by atoms with Gasteiger partial charge in [-0.05, 0) is 37.5 Å². The molecule has 0 bridgehead atoms. The van der Waals surface area contributed by atoms with Gasteiger partial charge in [0, 0.05) is 31.4 Å². The van der Waals surface area contributed by atoms with Crippen molar-refractivity contribution in [2.75, 3.05) is 6.54 Å². The Kier molecular flexibility index (Phi) is 5.78. The van der Waals surface area contributed by atoms with E-state index < -0.39 is 22.9 Å². The molecule has 7 heteroatoms. The first-order valence-corrected chi connectivity index (χ1v) is 9.64. The van der Waals surface area contributed by atoms with Gasteiger partial charge in [0.1, 0.15) is 11.4 Å². The Morgan fingerprint density at radius 3 is 2.57 bits per heavy atom. The van der Waals surface area contributed by atoms with E-state index in [1.165, 1.54) is 6.07 Å². The number of hydrogen-bond donors (Lipinski definition) is 2. The molecule has 1 heterocycles. The van der Waals surface area contributed by atoms with Crippen molar-refractivity contribution in [2.45, 2.75) is 63.1 Å².